The summed E-state index contributed by atoms with van der Waals surface area (Å²) in [6.07, 6.45) is 0.914. The van der Waals surface area contributed by atoms with Crippen molar-refractivity contribution in [2.24, 2.45) is 0 Å². The van der Waals surface area contributed by atoms with Crippen molar-refractivity contribution in [2.75, 3.05) is 11.1 Å². The third-order valence-corrected chi connectivity index (χ3v) is 4.63. The summed E-state index contributed by atoms with van der Waals surface area (Å²) < 4.78 is 26.2. The van der Waals surface area contributed by atoms with Crippen molar-refractivity contribution in [3.63, 3.8) is 0 Å². The van der Waals surface area contributed by atoms with Crippen molar-refractivity contribution < 1.29 is 8.78 Å². The van der Waals surface area contributed by atoms with E-state index in [1.54, 1.807) is 17.8 Å². The zero-order chi connectivity index (χ0) is 14.1. The molecule has 0 bridgehead atoms. The molecule has 5 heteroatoms. The van der Waals surface area contributed by atoms with E-state index in [0.29, 0.717) is 10.7 Å². The van der Waals surface area contributed by atoms with Gasteiger partial charge in [0.1, 0.15) is 0 Å². The normalized spacial score (nSPS) is 17.6. The fraction of sp³-hybridized carbons (Fsp3) is 0.200. The number of rotatable bonds is 2. The van der Waals surface area contributed by atoms with E-state index in [0.717, 1.165) is 23.8 Å². The molecule has 0 radical (unpaired) electrons. The van der Waals surface area contributed by atoms with Crippen LogP contribution in [-0.2, 0) is 0 Å². The molecule has 0 aromatic heterocycles. The number of hydrogen-bond acceptors (Lipinski definition) is 2. The summed E-state index contributed by atoms with van der Waals surface area (Å²) in [5.74, 6) is -0.694. The van der Waals surface area contributed by atoms with Crippen molar-refractivity contribution in [1.82, 2.24) is 0 Å². The van der Waals surface area contributed by atoms with Gasteiger partial charge < -0.3 is 5.32 Å². The van der Waals surface area contributed by atoms with Gasteiger partial charge in [0.25, 0.3) is 0 Å². The van der Waals surface area contributed by atoms with Gasteiger partial charge in [0.05, 0.1) is 6.04 Å². The second kappa shape index (κ2) is 5.62. The lowest BCUT2D eigenvalue weighted by atomic mass is 10.0. The summed E-state index contributed by atoms with van der Waals surface area (Å²) in [4.78, 5) is 1.18. The van der Waals surface area contributed by atoms with Crippen molar-refractivity contribution in [2.45, 2.75) is 17.4 Å². The van der Waals surface area contributed by atoms with E-state index in [1.165, 1.54) is 11.0 Å². The minimum absolute atomic E-state index is 0.0646. The Labute approximate surface area is 125 Å². The second-order valence-electron chi connectivity index (χ2n) is 4.65. The highest BCUT2D eigenvalue weighted by atomic mass is 35.5. The predicted molar refractivity (Wildman–Crippen MR) is 79.5 cm³/mol. The molecule has 1 atom stereocenters. The Hall–Kier alpha value is -1.26. The Kier molecular flexibility index (Phi) is 3.85. The zero-order valence-electron chi connectivity index (χ0n) is 10.5. The summed E-state index contributed by atoms with van der Waals surface area (Å²) in [5, 5.41) is 3.94. The van der Waals surface area contributed by atoms with Crippen LogP contribution in [0.2, 0.25) is 5.02 Å². The molecule has 104 valence electrons. The van der Waals surface area contributed by atoms with E-state index in [9.17, 15) is 8.78 Å². The molecule has 1 N–H and O–H groups in total. The third kappa shape index (κ3) is 2.76. The maximum atomic E-state index is 13.3. The molecular formula is C15H12ClF2NS. The minimum Gasteiger partial charge on any atom is -0.378 e. The molecule has 3 rings (SSSR count). The lowest BCUT2D eigenvalue weighted by molar-refractivity contribution is 0.509. The molecule has 20 heavy (non-hydrogen) atoms. The van der Waals surface area contributed by atoms with Crippen molar-refractivity contribution in [3.8, 4) is 0 Å². The van der Waals surface area contributed by atoms with Crippen LogP contribution in [0.4, 0.5) is 14.5 Å². The van der Waals surface area contributed by atoms with E-state index in [1.807, 2.05) is 18.2 Å². The summed E-state index contributed by atoms with van der Waals surface area (Å²) in [6, 6.07) is 9.73. The van der Waals surface area contributed by atoms with Crippen molar-refractivity contribution in [1.29, 1.82) is 0 Å². The molecule has 2 aromatic rings. The molecule has 0 fully saturated rings. The highest BCUT2D eigenvalue weighted by molar-refractivity contribution is 7.99. The van der Waals surface area contributed by atoms with Crippen LogP contribution in [0.15, 0.2) is 41.3 Å². The topological polar surface area (TPSA) is 12.0 Å². The Bertz CT molecular complexity index is 648. The number of anilines is 1. The average molecular weight is 312 g/mol. The molecule has 0 amide bonds. The van der Waals surface area contributed by atoms with Gasteiger partial charge in [-0.1, -0.05) is 11.6 Å². The van der Waals surface area contributed by atoms with Crippen LogP contribution in [0.5, 0.6) is 0 Å². The summed E-state index contributed by atoms with van der Waals surface area (Å²) in [7, 11) is 0. The molecule has 1 nitrogen and oxygen atoms in total. The number of fused-ring (bicyclic) bond motifs is 1. The molecular weight excluding hydrogens is 300 g/mol. The van der Waals surface area contributed by atoms with Gasteiger partial charge >= 0.3 is 0 Å². The summed E-state index contributed by atoms with van der Waals surface area (Å²) >= 11 is 7.83. The highest BCUT2D eigenvalue weighted by Gasteiger charge is 2.21. The lowest BCUT2D eigenvalue weighted by Gasteiger charge is -2.27. The smallest absolute Gasteiger partial charge is 0.160 e. The lowest BCUT2D eigenvalue weighted by Crippen LogP contribution is -2.16. The van der Waals surface area contributed by atoms with Crippen LogP contribution in [-0.4, -0.2) is 5.75 Å². The maximum Gasteiger partial charge on any atom is 0.160 e. The molecule has 0 spiro atoms. The largest absolute Gasteiger partial charge is 0.378 e. The van der Waals surface area contributed by atoms with Gasteiger partial charge in [0.2, 0.25) is 0 Å². The Balaban J connectivity index is 1.89. The SMILES string of the molecule is Fc1ccc(NC2CCSc3ccc(Cl)cc32)cc1F. The number of benzene rings is 2. The van der Waals surface area contributed by atoms with Crippen molar-refractivity contribution >= 4 is 29.1 Å². The van der Waals surface area contributed by atoms with Gasteiger partial charge in [-0.15, -0.1) is 11.8 Å². The van der Waals surface area contributed by atoms with Gasteiger partial charge in [-0.3, -0.25) is 0 Å². The summed E-state index contributed by atoms with van der Waals surface area (Å²) in [5.41, 5.74) is 1.69. The Morgan fingerprint density at radius 3 is 2.75 bits per heavy atom. The first kappa shape index (κ1) is 13.7. The van der Waals surface area contributed by atoms with Gasteiger partial charge in [0, 0.05) is 27.4 Å². The standard InChI is InChI=1S/C15H12ClF2NS/c16-9-1-4-15-11(7-9)14(5-6-20-15)19-10-2-3-12(17)13(18)8-10/h1-4,7-8,14,19H,5-6H2. The first-order valence-electron chi connectivity index (χ1n) is 6.27. The van der Waals surface area contributed by atoms with Crippen LogP contribution in [0.3, 0.4) is 0 Å². The van der Waals surface area contributed by atoms with E-state index >= 15 is 0 Å². The first-order valence-corrected chi connectivity index (χ1v) is 7.63. The Morgan fingerprint density at radius 2 is 1.95 bits per heavy atom. The Morgan fingerprint density at radius 1 is 1.10 bits per heavy atom. The maximum absolute atomic E-state index is 13.3. The van der Waals surface area contributed by atoms with Crippen LogP contribution >= 0.6 is 23.4 Å². The van der Waals surface area contributed by atoms with Gasteiger partial charge in [-0.05, 0) is 42.3 Å². The molecule has 1 aliphatic rings. The minimum atomic E-state index is -0.841. The van der Waals surface area contributed by atoms with E-state index in [-0.39, 0.29) is 6.04 Å². The first-order chi connectivity index (χ1) is 9.63. The number of hydrogen-bond donors (Lipinski definition) is 1. The predicted octanol–water partition coefficient (Wildman–Crippen LogP) is 5.27. The van der Waals surface area contributed by atoms with Crippen LogP contribution in [0.25, 0.3) is 0 Å². The number of halogens is 3. The summed E-state index contributed by atoms with van der Waals surface area (Å²) in [6.45, 7) is 0. The average Bonchev–Trinajstić information content (AvgIpc) is 2.44. The van der Waals surface area contributed by atoms with Crippen LogP contribution in [0, 0.1) is 11.6 Å². The van der Waals surface area contributed by atoms with Gasteiger partial charge in [-0.25, -0.2) is 8.78 Å². The number of thioether (sulfide) groups is 1. The van der Waals surface area contributed by atoms with Gasteiger partial charge in [0.15, 0.2) is 11.6 Å². The molecule has 0 saturated heterocycles. The fourth-order valence-electron chi connectivity index (χ4n) is 2.30. The van der Waals surface area contributed by atoms with E-state index in [4.69, 9.17) is 11.6 Å². The molecule has 1 unspecified atom stereocenters. The van der Waals surface area contributed by atoms with E-state index in [2.05, 4.69) is 5.32 Å². The second-order valence-corrected chi connectivity index (χ2v) is 6.22. The molecule has 0 saturated carbocycles. The molecule has 1 aliphatic heterocycles. The third-order valence-electron chi connectivity index (χ3n) is 3.27. The molecule has 0 aliphatic carbocycles. The molecule has 1 heterocycles. The fourth-order valence-corrected chi connectivity index (χ4v) is 3.59. The van der Waals surface area contributed by atoms with E-state index < -0.39 is 11.6 Å². The van der Waals surface area contributed by atoms with Gasteiger partial charge in [-0.2, -0.15) is 0 Å². The van der Waals surface area contributed by atoms with Crippen molar-refractivity contribution in [3.05, 3.63) is 58.6 Å². The number of nitrogens with one attached hydrogen (secondary N) is 1. The van der Waals surface area contributed by atoms with Crippen LogP contribution in [0.1, 0.15) is 18.0 Å². The monoisotopic (exact) mass is 311 g/mol. The quantitative estimate of drug-likeness (QED) is 0.811. The van der Waals surface area contributed by atoms with Crippen LogP contribution < -0.4 is 5.32 Å². The zero-order valence-corrected chi connectivity index (χ0v) is 12.1. The molecule has 2 aromatic carbocycles. The highest BCUT2D eigenvalue weighted by Crippen LogP contribution is 2.39.